The fraction of sp³-hybridized carbons (Fsp3) is 0.571. The molecule has 0 aliphatic heterocycles. The monoisotopic (exact) mass is 142 g/mol. The summed E-state index contributed by atoms with van der Waals surface area (Å²) < 4.78 is 0. The standard InChI is InChI=1S/C7H14N2O/c1-6(5-7(2)10)9-4-3-8/h5,9H,3-4,8H2,1-2H3/b6-5-. The third kappa shape index (κ3) is 5.31. The van der Waals surface area contributed by atoms with Gasteiger partial charge in [-0.05, 0) is 19.9 Å². The lowest BCUT2D eigenvalue weighted by atomic mass is 10.3. The largest absolute Gasteiger partial charge is 0.387 e. The molecule has 0 heterocycles. The van der Waals surface area contributed by atoms with Gasteiger partial charge in [0.25, 0.3) is 0 Å². The van der Waals surface area contributed by atoms with Crippen LogP contribution in [0, 0.1) is 0 Å². The van der Waals surface area contributed by atoms with Crippen LogP contribution in [0.1, 0.15) is 13.8 Å². The van der Waals surface area contributed by atoms with Crippen molar-refractivity contribution >= 4 is 5.78 Å². The van der Waals surface area contributed by atoms with Crippen LogP contribution in [-0.4, -0.2) is 18.9 Å². The lowest BCUT2D eigenvalue weighted by Crippen LogP contribution is -2.20. The highest BCUT2D eigenvalue weighted by atomic mass is 16.1. The van der Waals surface area contributed by atoms with Crippen molar-refractivity contribution in [2.75, 3.05) is 13.1 Å². The van der Waals surface area contributed by atoms with Crippen LogP contribution in [0.4, 0.5) is 0 Å². The van der Waals surface area contributed by atoms with E-state index >= 15 is 0 Å². The average Bonchev–Trinajstić information content (AvgIpc) is 1.82. The Morgan fingerprint density at radius 2 is 2.20 bits per heavy atom. The number of carbonyl (C=O) groups is 1. The molecule has 0 aliphatic rings. The van der Waals surface area contributed by atoms with Gasteiger partial charge in [-0.15, -0.1) is 0 Å². The van der Waals surface area contributed by atoms with E-state index in [1.165, 1.54) is 6.92 Å². The molecule has 0 aromatic heterocycles. The molecule has 0 amide bonds. The van der Waals surface area contributed by atoms with E-state index in [2.05, 4.69) is 5.32 Å². The minimum atomic E-state index is 0.0574. The number of hydrogen-bond acceptors (Lipinski definition) is 3. The lowest BCUT2D eigenvalue weighted by Gasteiger charge is -2.01. The van der Waals surface area contributed by atoms with Gasteiger partial charge in [0.05, 0.1) is 0 Å². The van der Waals surface area contributed by atoms with E-state index < -0.39 is 0 Å². The van der Waals surface area contributed by atoms with Crippen molar-refractivity contribution in [2.45, 2.75) is 13.8 Å². The highest BCUT2D eigenvalue weighted by Gasteiger charge is 1.88. The van der Waals surface area contributed by atoms with E-state index in [1.807, 2.05) is 6.92 Å². The fourth-order valence-electron chi connectivity index (χ4n) is 0.625. The van der Waals surface area contributed by atoms with Gasteiger partial charge in [-0.3, -0.25) is 4.79 Å². The first-order chi connectivity index (χ1) is 4.66. The van der Waals surface area contributed by atoms with Gasteiger partial charge in [-0.1, -0.05) is 0 Å². The molecule has 0 saturated heterocycles. The average molecular weight is 142 g/mol. The van der Waals surface area contributed by atoms with Gasteiger partial charge < -0.3 is 11.1 Å². The zero-order chi connectivity index (χ0) is 7.98. The number of nitrogens with one attached hydrogen (secondary N) is 1. The Hall–Kier alpha value is -0.830. The van der Waals surface area contributed by atoms with Gasteiger partial charge in [0.2, 0.25) is 0 Å². The fourth-order valence-corrected chi connectivity index (χ4v) is 0.625. The zero-order valence-corrected chi connectivity index (χ0v) is 6.48. The van der Waals surface area contributed by atoms with Crippen LogP contribution >= 0.6 is 0 Å². The van der Waals surface area contributed by atoms with E-state index in [-0.39, 0.29) is 5.78 Å². The van der Waals surface area contributed by atoms with Crippen LogP contribution in [0.2, 0.25) is 0 Å². The summed E-state index contributed by atoms with van der Waals surface area (Å²) in [6, 6.07) is 0. The summed E-state index contributed by atoms with van der Waals surface area (Å²) in [7, 11) is 0. The SMILES string of the molecule is CC(=O)/C=C(/C)NCCN. The lowest BCUT2D eigenvalue weighted by molar-refractivity contribution is -0.112. The number of nitrogens with two attached hydrogens (primary N) is 1. The van der Waals surface area contributed by atoms with Gasteiger partial charge in [0.15, 0.2) is 5.78 Å². The maximum Gasteiger partial charge on any atom is 0.154 e. The van der Waals surface area contributed by atoms with Crippen LogP contribution in [0.5, 0.6) is 0 Å². The van der Waals surface area contributed by atoms with Crippen LogP contribution in [0.3, 0.4) is 0 Å². The second-order valence-corrected chi connectivity index (χ2v) is 2.15. The molecule has 0 bridgehead atoms. The van der Waals surface area contributed by atoms with Crippen LogP contribution in [0.15, 0.2) is 11.8 Å². The number of hydrogen-bond donors (Lipinski definition) is 2. The van der Waals surface area contributed by atoms with E-state index in [4.69, 9.17) is 5.73 Å². The van der Waals surface area contributed by atoms with Gasteiger partial charge >= 0.3 is 0 Å². The summed E-state index contributed by atoms with van der Waals surface area (Å²) in [6.07, 6.45) is 1.55. The predicted octanol–water partition coefficient (Wildman–Crippen LogP) is 0.0275. The zero-order valence-electron chi connectivity index (χ0n) is 6.48. The third-order valence-corrected chi connectivity index (χ3v) is 0.968. The molecule has 0 rings (SSSR count). The number of allylic oxidation sites excluding steroid dienone is 2. The highest BCUT2D eigenvalue weighted by Crippen LogP contribution is 1.84. The first-order valence-corrected chi connectivity index (χ1v) is 3.29. The molecule has 0 spiro atoms. The van der Waals surface area contributed by atoms with Crippen molar-refractivity contribution in [3.05, 3.63) is 11.8 Å². The van der Waals surface area contributed by atoms with Crippen molar-refractivity contribution in [1.29, 1.82) is 0 Å². The van der Waals surface area contributed by atoms with E-state index in [9.17, 15) is 4.79 Å². The third-order valence-electron chi connectivity index (χ3n) is 0.968. The quantitative estimate of drug-likeness (QED) is 0.544. The highest BCUT2D eigenvalue weighted by molar-refractivity contribution is 5.87. The Kier molecular flexibility index (Phi) is 4.58. The Morgan fingerprint density at radius 1 is 1.60 bits per heavy atom. The maximum absolute atomic E-state index is 10.5. The molecule has 0 fully saturated rings. The summed E-state index contributed by atoms with van der Waals surface area (Å²) in [5, 5.41) is 2.98. The van der Waals surface area contributed by atoms with Crippen molar-refractivity contribution in [1.82, 2.24) is 5.32 Å². The molecule has 0 aromatic carbocycles. The molecule has 3 heteroatoms. The predicted molar refractivity (Wildman–Crippen MR) is 41.5 cm³/mol. The van der Waals surface area contributed by atoms with Crippen molar-refractivity contribution in [3.8, 4) is 0 Å². The van der Waals surface area contributed by atoms with Crippen LogP contribution < -0.4 is 11.1 Å². The van der Waals surface area contributed by atoms with Gasteiger partial charge in [0.1, 0.15) is 0 Å². The van der Waals surface area contributed by atoms with Crippen molar-refractivity contribution in [3.63, 3.8) is 0 Å². The van der Waals surface area contributed by atoms with E-state index in [0.29, 0.717) is 6.54 Å². The molecule has 10 heavy (non-hydrogen) atoms. The molecule has 0 radical (unpaired) electrons. The second-order valence-electron chi connectivity index (χ2n) is 2.15. The molecule has 3 N–H and O–H groups in total. The minimum absolute atomic E-state index is 0.0574. The molecule has 0 atom stereocenters. The van der Waals surface area contributed by atoms with Gasteiger partial charge in [0, 0.05) is 18.8 Å². The first-order valence-electron chi connectivity index (χ1n) is 3.29. The number of rotatable bonds is 4. The maximum atomic E-state index is 10.5. The molecule has 0 aromatic rings. The van der Waals surface area contributed by atoms with Gasteiger partial charge in [-0.2, -0.15) is 0 Å². The summed E-state index contributed by atoms with van der Waals surface area (Å²) in [5.74, 6) is 0.0574. The smallest absolute Gasteiger partial charge is 0.154 e. The van der Waals surface area contributed by atoms with E-state index in [0.717, 1.165) is 12.2 Å². The summed E-state index contributed by atoms with van der Waals surface area (Å²) >= 11 is 0. The Balaban J connectivity index is 3.60. The first kappa shape index (κ1) is 9.17. The second kappa shape index (κ2) is 4.99. The summed E-state index contributed by atoms with van der Waals surface area (Å²) in [4.78, 5) is 10.5. The topological polar surface area (TPSA) is 55.1 Å². The number of carbonyl (C=O) groups excluding carboxylic acids is 1. The Morgan fingerprint density at radius 3 is 2.60 bits per heavy atom. The van der Waals surface area contributed by atoms with Gasteiger partial charge in [-0.25, -0.2) is 0 Å². The Bertz CT molecular complexity index is 141. The molecule has 0 aliphatic carbocycles. The number of ketones is 1. The van der Waals surface area contributed by atoms with Crippen LogP contribution in [0.25, 0.3) is 0 Å². The molecule has 0 unspecified atom stereocenters. The van der Waals surface area contributed by atoms with Crippen molar-refractivity contribution < 1.29 is 4.79 Å². The molecular formula is C7H14N2O. The summed E-state index contributed by atoms with van der Waals surface area (Å²) in [5.41, 5.74) is 6.11. The normalized spacial score (nSPS) is 11.3. The van der Waals surface area contributed by atoms with Crippen molar-refractivity contribution in [2.24, 2.45) is 5.73 Å². The Labute approximate surface area is 61.3 Å². The molecule has 3 nitrogen and oxygen atoms in total. The molecular weight excluding hydrogens is 128 g/mol. The molecule has 0 saturated carbocycles. The minimum Gasteiger partial charge on any atom is -0.387 e. The van der Waals surface area contributed by atoms with E-state index in [1.54, 1.807) is 6.08 Å². The summed E-state index contributed by atoms with van der Waals surface area (Å²) in [6.45, 7) is 4.67. The van der Waals surface area contributed by atoms with Crippen LogP contribution in [-0.2, 0) is 4.79 Å². The molecule has 58 valence electrons.